The molecular weight excluding hydrogens is 212 g/mol. The Morgan fingerprint density at radius 1 is 1.41 bits per heavy atom. The van der Waals surface area contributed by atoms with Crippen molar-refractivity contribution in [2.75, 3.05) is 6.61 Å². The van der Waals surface area contributed by atoms with Crippen LogP contribution in [0.5, 0.6) is 0 Å². The summed E-state index contributed by atoms with van der Waals surface area (Å²) in [6, 6.07) is 10.1. The summed E-state index contributed by atoms with van der Waals surface area (Å²) >= 11 is 0. The lowest BCUT2D eigenvalue weighted by atomic mass is 9.98. The third kappa shape index (κ3) is 3.58. The van der Waals surface area contributed by atoms with Gasteiger partial charge in [-0.25, -0.2) is 0 Å². The second-order valence-corrected chi connectivity index (χ2v) is 5.17. The molecule has 92 valence electrons. The van der Waals surface area contributed by atoms with Crippen LogP contribution >= 0.6 is 0 Å². The van der Waals surface area contributed by atoms with E-state index in [1.807, 2.05) is 18.2 Å². The predicted molar refractivity (Wildman–Crippen MR) is 67.7 cm³/mol. The minimum atomic E-state index is -0.0690. The van der Waals surface area contributed by atoms with Crippen molar-refractivity contribution in [3.8, 4) is 0 Å². The number of hydrogen-bond acceptors (Lipinski definition) is 2. The third-order valence-corrected chi connectivity index (χ3v) is 3.58. The lowest BCUT2D eigenvalue weighted by Crippen LogP contribution is -2.10. The Morgan fingerprint density at radius 3 is 2.65 bits per heavy atom. The van der Waals surface area contributed by atoms with Crippen molar-refractivity contribution in [1.82, 2.24) is 0 Å². The molecule has 2 rings (SSSR count). The highest BCUT2D eigenvalue weighted by Gasteiger charge is 2.33. The van der Waals surface area contributed by atoms with Gasteiger partial charge in [0.05, 0.1) is 13.0 Å². The predicted octanol–water partition coefficient (Wildman–Crippen LogP) is 3.38. The molecular formula is C15H20O2. The Balaban J connectivity index is 1.74. The lowest BCUT2D eigenvalue weighted by Gasteiger charge is -2.11. The van der Waals surface area contributed by atoms with Crippen molar-refractivity contribution in [1.29, 1.82) is 0 Å². The number of esters is 1. The molecule has 1 aliphatic rings. The van der Waals surface area contributed by atoms with Crippen molar-refractivity contribution in [2.45, 2.75) is 32.6 Å². The van der Waals surface area contributed by atoms with E-state index in [0.29, 0.717) is 18.9 Å². The fourth-order valence-electron chi connectivity index (χ4n) is 2.04. The maximum Gasteiger partial charge on any atom is 0.306 e. The molecule has 0 amide bonds. The summed E-state index contributed by atoms with van der Waals surface area (Å²) in [7, 11) is 0. The van der Waals surface area contributed by atoms with Crippen LogP contribution in [0.2, 0.25) is 0 Å². The first-order valence-electron chi connectivity index (χ1n) is 6.37. The quantitative estimate of drug-likeness (QED) is 0.727. The molecule has 0 N–H and O–H groups in total. The first-order valence-corrected chi connectivity index (χ1v) is 6.37. The topological polar surface area (TPSA) is 26.3 Å². The SMILES string of the molecule is CC(CC(=O)OCC1CC1C)c1ccccc1. The van der Waals surface area contributed by atoms with Gasteiger partial charge in [-0.2, -0.15) is 0 Å². The van der Waals surface area contributed by atoms with Gasteiger partial charge in [-0.3, -0.25) is 4.79 Å². The molecule has 1 fully saturated rings. The molecule has 0 bridgehead atoms. The van der Waals surface area contributed by atoms with Gasteiger partial charge in [0.25, 0.3) is 0 Å². The number of carbonyl (C=O) groups excluding carboxylic acids is 1. The van der Waals surface area contributed by atoms with Gasteiger partial charge in [-0.05, 0) is 29.7 Å². The Labute approximate surface area is 103 Å². The molecule has 0 aromatic heterocycles. The molecule has 17 heavy (non-hydrogen) atoms. The molecule has 0 aliphatic heterocycles. The molecule has 1 saturated carbocycles. The molecule has 3 unspecified atom stereocenters. The van der Waals surface area contributed by atoms with Gasteiger partial charge in [0.2, 0.25) is 0 Å². The standard InChI is InChI=1S/C15H20O2/c1-11-8-14(11)10-17-15(16)9-12(2)13-6-4-3-5-7-13/h3-7,11-12,14H,8-10H2,1-2H3. The highest BCUT2D eigenvalue weighted by atomic mass is 16.5. The number of ether oxygens (including phenoxy) is 1. The normalized spacial score (nSPS) is 24.1. The van der Waals surface area contributed by atoms with Crippen LogP contribution in [0.1, 0.15) is 38.2 Å². The van der Waals surface area contributed by atoms with Crippen LogP contribution in [0.4, 0.5) is 0 Å². The van der Waals surface area contributed by atoms with E-state index in [2.05, 4.69) is 26.0 Å². The van der Waals surface area contributed by atoms with Crippen LogP contribution in [0, 0.1) is 11.8 Å². The van der Waals surface area contributed by atoms with Crippen LogP contribution < -0.4 is 0 Å². The van der Waals surface area contributed by atoms with Gasteiger partial charge in [0, 0.05) is 0 Å². The fraction of sp³-hybridized carbons (Fsp3) is 0.533. The lowest BCUT2D eigenvalue weighted by molar-refractivity contribution is -0.144. The Kier molecular flexibility index (Phi) is 3.82. The maximum absolute atomic E-state index is 11.6. The number of hydrogen-bond donors (Lipinski definition) is 0. The minimum Gasteiger partial charge on any atom is -0.465 e. The molecule has 1 aliphatic carbocycles. The van der Waals surface area contributed by atoms with Gasteiger partial charge >= 0.3 is 5.97 Å². The average molecular weight is 232 g/mol. The number of carbonyl (C=O) groups is 1. The minimum absolute atomic E-state index is 0.0690. The van der Waals surface area contributed by atoms with Crippen molar-refractivity contribution >= 4 is 5.97 Å². The van der Waals surface area contributed by atoms with Crippen LogP contribution in [0.3, 0.4) is 0 Å². The summed E-state index contributed by atoms with van der Waals surface area (Å²) in [5, 5.41) is 0. The van der Waals surface area contributed by atoms with Gasteiger partial charge in [-0.1, -0.05) is 44.2 Å². The van der Waals surface area contributed by atoms with Crippen molar-refractivity contribution in [3.63, 3.8) is 0 Å². The Morgan fingerprint density at radius 2 is 2.06 bits per heavy atom. The van der Waals surface area contributed by atoms with Gasteiger partial charge in [0.15, 0.2) is 0 Å². The van der Waals surface area contributed by atoms with E-state index >= 15 is 0 Å². The second kappa shape index (κ2) is 5.35. The van der Waals surface area contributed by atoms with Gasteiger partial charge in [0.1, 0.15) is 0 Å². The van der Waals surface area contributed by atoms with Crippen molar-refractivity contribution in [2.24, 2.45) is 11.8 Å². The molecule has 1 aromatic rings. The zero-order valence-electron chi connectivity index (χ0n) is 10.6. The number of rotatable bonds is 5. The summed E-state index contributed by atoms with van der Waals surface area (Å²) in [5.74, 6) is 1.53. The molecule has 1 aromatic carbocycles. The Hall–Kier alpha value is -1.31. The highest BCUT2D eigenvalue weighted by molar-refractivity contribution is 5.70. The maximum atomic E-state index is 11.6. The Bertz CT molecular complexity index is 372. The summed E-state index contributed by atoms with van der Waals surface area (Å²) in [5.41, 5.74) is 1.20. The highest BCUT2D eigenvalue weighted by Crippen LogP contribution is 2.37. The van der Waals surface area contributed by atoms with E-state index < -0.39 is 0 Å². The zero-order chi connectivity index (χ0) is 12.3. The van der Waals surface area contributed by atoms with E-state index in [-0.39, 0.29) is 11.9 Å². The molecule has 3 atom stereocenters. The monoisotopic (exact) mass is 232 g/mol. The number of benzene rings is 1. The summed E-state index contributed by atoms with van der Waals surface area (Å²) in [6.07, 6.45) is 1.69. The van der Waals surface area contributed by atoms with Crippen LogP contribution in [0.25, 0.3) is 0 Å². The van der Waals surface area contributed by atoms with E-state index in [4.69, 9.17) is 4.74 Å². The summed E-state index contributed by atoms with van der Waals surface area (Å²) in [6.45, 7) is 4.88. The second-order valence-electron chi connectivity index (χ2n) is 5.17. The first-order chi connectivity index (χ1) is 8.16. The van der Waals surface area contributed by atoms with E-state index in [9.17, 15) is 4.79 Å². The van der Waals surface area contributed by atoms with Gasteiger partial charge < -0.3 is 4.74 Å². The first kappa shape index (κ1) is 12.2. The molecule has 2 nitrogen and oxygen atoms in total. The van der Waals surface area contributed by atoms with E-state index in [0.717, 1.165) is 5.92 Å². The van der Waals surface area contributed by atoms with Crippen LogP contribution in [-0.2, 0) is 9.53 Å². The molecule has 0 heterocycles. The van der Waals surface area contributed by atoms with Crippen molar-refractivity contribution < 1.29 is 9.53 Å². The van der Waals surface area contributed by atoms with Gasteiger partial charge in [-0.15, -0.1) is 0 Å². The summed E-state index contributed by atoms with van der Waals surface area (Å²) in [4.78, 5) is 11.6. The third-order valence-electron chi connectivity index (χ3n) is 3.58. The molecule has 2 heteroatoms. The molecule has 0 saturated heterocycles. The fourth-order valence-corrected chi connectivity index (χ4v) is 2.04. The van der Waals surface area contributed by atoms with E-state index in [1.165, 1.54) is 12.0 Å². The summed E-state index contributed by atoms with van der Waals surface area (Å²) < 4.78 is 5.29. The molecule has 0 spiro atoms. The average Bonchev–Trinajstić information content (AvgIpc) is 3.04. The van der Waals surface area contributed by atoms with Crippen LogP contribution in [0.15, 0.2) is 30.3 Å². The smallest absolute Gasteiger partial charge is 0.306 e. The van der Waals surface area contributed by atoms with Crippen molar-refractivity contribution in [3.05, 3.63) is 35.9 Å². The molecule has 0 radical (unpaired) electrons. The largest absolute Gasteiger partial charge is 0.465 e. The van der Waals surface area contributed by atoms with E-state index in [1.54, 1.807) is 0 Å². The zero-order valence-corrected chi connectivity index (χ0v) is 10.6. The van der Waals surface area contributed by atoms with Crippen LogP contribution in [-0.4, -0.2) is 12.6 Å².